The third kappa shape index (κ3) is 3.44. The standard InChI is InChI=1S/C16H18N2O4/c19-14(20)10-21-13-8-4-7-12(9-13)16-17-15(18-22-16)11-5-2-1-3-6-11/h4,7-9,11H,1-3,5-6,10H2,(H,19,20). The maximum atomic E-state index is 10.5. The maximum Gasteiger partial charge on any atom is 0.341 e. The second-order valence-electron chi connectivity index (χ2n) is 5.50. The number of benzene rings is 1. The quantitative estimate of drug-likeness (QED) is 0.912. The van der Waals surface area contributed by atoms with Crippen LogP contribution in [0.25, 0.3) is 11.5 Å². The third-order valence-electron chi connectivity index (χ3n) is 3.86. The van der Waals surface area contributed by atoms with E-state index in [-0.39, 0.29) is 6.61 Å². The number of hydrogen-bond donors (Lipinski definition) is 1. The van der Waals surface area contributed by atoms with Gasteiger partial charge in [0.05, 0.1) is 0 Å². The normalized spacial score (nSPS) is 15.6. The van der Waals surface area contributed by atoms with Crippen molar-refractivity contribution >= 4 is 5.97 Å². The minimum Gasteiger partial charge on any atom is -0.482 e. The summed E-state index contributed by atoms with van der Waals surface area (Å²) in [7, 11) is 0. The Morgan fingerprint density at radius 2 is 2.14 bits per heavy atom. The zero-order valence-electron chi connectivity index (χ0n) is 12.2. The minimum absolute atomic E-state index is 0.374. The van der Waals surface area contributed by atoms with Crippen LogP contribution in [0.2, 0.25) is 0 Å². The van der Waals surface area contributed by atoms with E-state index in [1.807, 2.05) is 6.07 Å². The lowest BCUT2D eigenvalue weighted by atomic mass is 9.89. The summed E-state index contributed by atoms with van der Waals surface area (Å²) in [6, 6.07) is 7.02. The molecule has 0 unspecified atom stereocenters. The fourth-order valence-electron chi connectivity index (χ4n) is 2.74. The Balaban J connectivity index is 1.75. The van der Waals surface area contributed by atoms with Crippen LogP contribution in [0.1, 0.15) is 43.8 Å². The van der Waals surface area contributed by atoms with E-state index in [0.717, 1.165) is 24.2 Å². The third-order valence-corrected chi connectivity index (χ3v) is 3.86. The first-order valence-corrected chi connectivity index (χ1v) is 7.51. The molecular weight excluding hydrogens is 284 g/mol. The molecule has 1 aromatic carbocycles. The first kappa shape index (κ1) is 14.6. The molecule has 1 aliphatic carbocycles. The number of hydrogen-bond acceptors (Lipinski definition) is 5. The van der Waals surface area contributed by atoms with Gasteiger partial charge in [-0.25, -0.2) is 4.79 Å². The van der Waals surface area contributed by atoms with Crippen molar-refractivity contribution in [3.05, 3.63) is 30.1 Å². The minimum atomic E-state index is -1.01. The lowest BCUT2D eigenvalue weighted by Crippen LogP contribution is -2.09. The fraction of sp³-hybridized carbons (Fsp3) is 0.438. The van der Waals surface area contributed by atoms with Gasteiger partial charge in [0, 0.05) is 11.5 Å². The fourth-order valence-corrected chi connectivity index (χ4v) is 2.74. The van der Waals surface area contributed by atoms with Crippen molar-refractivity contribution in [3.63, 3.8) is 0 Å². The van der Waals surface area contributed by atoms with Crippen LogP contribution in [-0.2, 0) is 4.79 Å². The maximum absolute atomic E-state index is 10.5. The lowest BCUT2D eigenvalue weighted by Gasteiger charge is -2.17. The molecule has 22 heavy (non-hydrogen) atoms. The van der Waals surface area contributed by atoms with E-state index in [0.29, 0.717) is 17.6 Å². The molecule has 3 rings (SSSR count). The number of aromatic nitrogens is 2. The summed E-state index contributed by atoms with van der Waals surface area (Å²) in [6.07, 6.45) is 5.94. The van der Waals surface area contributed by atoms with Gasteiger partial charge < -0.3 is 14.4 Å². The van der Waals surface area contributed by atoms with Gasteiger partial charge in [0.1, 0.15) is 5.75 Å². The zero-order chi connectivity index (χ0) is 15.4. The highest BCUT2D eigenvalue weighted by molar-refractivity contribution is 5.68. The van der Waals surface area contributed by atoms with Crippen molar-refractivity contribution in [2.24, 2.45) is 0 Å². The summed E-state index contributed by atoms with van der Waals surface area (Å²) in [5.74, 6) is 1.06. The largest absolute Gasteiger partial charge is 0.482 e. The second-order valence-corrected chi connectivity index (χ2v) is 5.50. The van der Waals surface area contributed by atoms with E-state index >= 15 is 0 Å². The first-order valence-electron chi connectivity index (χ1n) is 7.51. The highest BCUT2D eigenvalue weighted by Crippen LogP contribution is 2.32. The molecule has 0 amide bonds. The Hall–Kier alpha value is -2.37. The van der Waals surface area contributed by atoms with E-state index < -0.39 is 5.97 Å². The van der Waals surface area contributed by atoms with Gasteiger partial charge in [0.25, 0.3) is 5.89 Å². The van der Waals surface area contributed by atoms with Gasteiger partial charge in [-0.1, -0.05) is 30.5 Å². The highest BCUT2D eigenvalue weighted by Gasteiger charge is 2.21. The molecule has 6 heteroatoms. The summed E-state index contributed by atoms with van der Waals surface area (Å²) < 4.78 is 10.5. The van der Waals surface area contributed by atoms with Gasteiger partial charge >= 0.3 is 5.97 Å². The summed E-state index contributed by atoms with van der Waals surface area (Å²) in [4.78, 5) is 15.0. The molecule has 1 aromatic heterocycles. The molecular formula is C16H18N2O4. The van der Waals surface area contributed by atoms with Crippen LogP contribution in [0.5, 0.6) is 5.75 Å². The number of ether oxygens (including phenoxy) is 1. The summed E-state index contributed by atoms with van der Waals surface area (Å²) in [5, 5.41) is 12.7. The molecule has 2 aromatic rings. The van der Waals surface area contributed by atoms with E-state index in [4.69, 9.17) is 14.4 Å². The van der Waals surface area contributed by atoms with Crippen LogP contribution >= 0.6 is 0 Å². The molecule has 1 heterocycles. The molecule has 0 bridgehead atoms. The first-order chi connectivity index (χ1) is 10.7. The Labute approximate surface area is 128 Å². The number of carboxylic acid groups (broad SMARTS) is 1. The Kier molecular flexibility index (Phi) is 4.37. The predicted molar refractivity (Wildman–Crippen MR) is 78.7 cm³/mol. The van der Waals surface area contributed by atoms with Crippen LogP contribution in [0.15, 0.2) is 28.8 Å². The topological polar surface area (TPSA) is 85.5 Å². The molecule has 0 spiro atoms. The number of carboxylic acids is 1. The van der Waals surface area contributed by atoms with Crippen LogP contribution in [0.3, 0.4) is 0 Å². The molecule has 6 nitrogen and oxygen atoms in total. The number of carbonyl (C=O) groups is 1. The SMILES string of the molecule is O=C(O)COc1cccc(-c2nc(C3CCCCC3)no2)c1. The molecule has 0 saturated heterocycles. The van der Waals surface area contributed by atoms with Crippen LogP contribution < -0.4 is 4.74 Å². The number of aliphatic carboxylic acids is 1. The van der Waals surface area contributed by atoms with E-state index in [1.165, 1.54) is 19.3 Å². The van der Waals surface area contributed by atoms with Crippen molar-refractivity contribution < 1.29 is 19.2 Å². The Morgan fingerprint density at radius 1 is 1.32 bits per heavy atom. The van der Waals surface area contributed by atoms with E-state index in [2.05, 4.69) is 10.1 Å². The predicted octanol–water partition coefficient (Wildman–Crippen LogP) is 3.25. The van der Waals surface area contributed by atoms with Crippen molar-refractivity contribution in [3.8, 4) is 17.2 Å². The smallest absolute Gasteiger partial charge is 0.341 e. The van der Waals surface area contributed by atoms with Gasteiger partial charge in [0.2, 0.25) is 0 Å². The summed E-state index contributed by atoms with van der Waals surface area (Å²) in [6.45, 7) is -0.374. The molecule has 0 aliphatic heterocycles. The van der Waals surface area contributed by atoms with E-state index in [1.54, 1.807) is 18.2 Å². The Bertz CT molecular complexity index is 647. The van der Waals surface area contributed by atoms with Crippen LogP contribution in [0, 0.1) is 0 Å². The Morgan fingerprint density at radius 3 is 2.91 bits per heavy atom. The van der Waals surface area contributed by atoms with Crippen LogP contribution in [0.4, 0.5) is 0 Å². The van der Waals surface area contributed by atoms with E-state index in [9.17, 15) is 4.79 Å². The molecule has 0 radical (unpaired) electrons. The number of rotatable bonds is 5. The molecule has 1 N–H and O–H groups in total. The highest BCUT2D eigenvalue weighted by atomic mass is 16.5. The molecule has 0 atom stereocenters. The molecule has 1 aliphatic rings. The lowest BCUT2D eigenvalue weighted by molar-refractivity contribution is -0.139. The second kappa shape index (κ2) is 6.60. The monoisotopic (exact) mass is 302 g/mol. The summed E-state index contributed by atoms with van der Waals surface area (Å²) >= 11 is 0. The van der Waals surface area contributed by atoms with Crippen LogP contribution in [-0.4, -0.2) is 27.8 Å². The van der Waals surface area contributed by atoms with Gasteiger partial charge in [-0.15, -0.1) is 0 Å². The molecule has 1 saturated carbocycles. The van der Waals surface area contributed by atoms with Gasteiger partial charge in [-0.05, 0) is 31.0 Å². The van der Waals surface area contributed by atoms with Gasteiger partial charge in [-0.2, -0.15) is 4.98 Å². The number of nitrogens with zero attached hydrogens (tertiary/aromatic N) is 2. The average Bonchev–Trinajstić information content (AvgIpc) is 3.04. The van der Waals surface area contributed by atoms with Gasteiger partial charge in [0.15, 0.2) is 12.4 Å². The zero-order valence-corrected chi connectivity index (χ0v) is 12.2. The molecule has 1 fully saturated rings. The summed E-state index contributed by atoms with van der Waals surface area (Å²) in [5.41, 5.74) is 0.734. The van der Waals surface area contributed by atoms with Crippen molar-refractivity contribution in [2.45, 2.75) is 38.0 Å². The van der Waals surface area contributed by atoms with Crippen molar-refractivity contribution in [1.29, 1.82) is 0 Å². The van der Waals surface area contributed by atoms with Crippen molar-refractivity contribution in [1.82, 2.24) is 10.1 Å². The average molecular weight is 302 g/mol. The van der Waals surface area contributed by atoms with Gasteiger partial charge in [-0.3, -0.25) is 0 Å². The molecule has 116 valence electrons. The van der Waals surface area contributed by atoms with Crippen molar-refractivity contribution in [2.75, 3.05) is 6.61 Å².